The van der Waals surface area contributed by atoms with Crippen molar-refractivity contribution < 1.29 is 0 Å². The van der Waals surface area contributed by atoms with E-state index in [1.165, 1.54) is 47.4 Å². The maximum atomic E-state index is 4.80. The predicted molar refractivity (Wildman–Crippen MR) is 86.8 cm³/mol. The summed E-state index contributed by atoms with van der Waals surface area (Å²) in [5.41, 5.74) is 4.10. The molecule has 0 aliphatic carbocycles. The number of unbranched alkanes of at least 4 members (excludes halogenated alkanes) is 2. The Morgan fingerprint density at radius 2 is 1.74 bits per heavy atom. The zero-order valence-corrected chi connectivity index (χ0v) is 12.8. The molecule has 0 radical (unpaired) electrons. The molecular weight excluding hydrogens is 250 g/mol. The van der Waals surface area contributed by atoms with Crippen molar-refractivity contribution in [2.75, 3.05) is 0 Å². The predicted octanol–water partition coefficient (Wildman–Crippen LogP) is 5.91. The topological polar surface area (TPSA) is 12.4 Å². The lowest BCUT2D eigenvalue weighted by atomic mass is 9.97. The minimum absolute atomic E-state index is 1.12. The number of fused-ring (bicyclic) bond motifs is 1. The first-order valence-electron chi connectivity index (χ1n) is 7.39. The highest BCUT2D eigenvalue weighted by Crippen LogP contribution is 2.32. The highest BCUT2D eigenvalue weighted by Gasteiger charge is 2.13. The van der Waals surface area contributed by atoms with Crippen LogP contribution in [-0.4, -0.2) is 5.71 Å². The molecular formula is C17H23NS. The van der Waals surface area contributed by atoms with E-state index in [0.29, 0.717) is 0 Å². The molecule has 0 N–H and O–H groups in total. The van der Waals surface area contributed by atoms with Crippen molar-refractivity contribution in [3.05, 3.63) is 35.4 Å². The molecule has 1 aromatic carbocycles. The van der Waals surface area contributed by atoms with E-state index < -0.39 is 0 Å². The van der Waals surface area contributed by atoms with E-state index in [0.717, 1.165) is 12.8 Å². The Balaban J connectivity index is 2.26. The molecule has 0 atom stereocenters. The second kappa shape index (κ2) is 7.54. The smallest absolute Gasteiger partial charge is 0.0523 e. The molecule has 0 amide bonds. The lowest BCUT2D eigenvalue weighted by molar-refractivity contribution is 0.793. The average molecular weight is 273 g/mol. The second-order valence-corrected chi connectivity index (χ2v) is 5.85. The number of nitrogens with zero attached hydrogens (tertiary/aromatic N) is 1. The zero-order chi connectivity index (χ0) is 13.5. The number of benzene rings is 1. The Kier molecular flexibility index (Phi) is 5.71. The molecule has 102 valence electrons. The van der Waals surface area contributed by atoms with Gasteiger partial charge in [0.25, 0.3) is 0 Å². The van der Waals surface area contributed by atoms with Crippen molar-refractivity contribution in [1.82, 2.24) is 0 Å². The molecule has 0 bridgehead atoms. The molecule has 1 nitrogen and oxygen atoms in total. The molecule has 2 rings (SSSR count). The minimum Gasteiger partial charge on any atom is -0.216 e. The third-order valence-corrected chi connectivity index (χ3v) is 4.32. The molecule has 1 aromatic rings. The Bertz CT molecular complexity index is 474. The lowest BCUT2D eigenvalue weighted by Gasteiger charge is -2.08. The number of rotatable bonds is 6. The molecule has 2 heteroatoms. The summed E-state index contributed by atoms with van der Waals surface area (Å²) in [6.07, 6.45) is 9.61. The zero-order valence-electron chi connectivity index (χ0n) is 12.0. The highest BCUT2D eigenvalue weighted by molar-refractivity contribution is 7.98. The van der Waals surface area contributed by atoms with Gasteiger partial charge in [-0.05, 0) is 49.0 Å². The van der Waals surface area contributed by atoms with Crippen LogP contribution in [0.25, 0.3) is 6.08 Å². The van der Waals surface area contributed by atoms with Gasteiger partial charge < -0.3 is 0 Å². The van der Waals surface area contributed by atoms with Crippen LogP contribution in [0.3, 0.4) is 0 Å². The molecule has 0 aromatic heterocycles. The van der Waals surface area contributed by atoms with Gasteiger partial charge in [0.15, 0.2) is 0 Å². The third-order valence-electron chi connectivity index (χ3n) is 3.44. The van der Waals surface area contributed by atoms with Crippen LogP contribution in [0.2, 0.25) is 0 Å². The maximum Gasteiger partial charge on any atom is 0.0523 e. The first kappa shape index (κ1) is 14.4. The Hall–Kier alpha value is -1.02. The van der Waals surface area contributed by atoms with Crippen molar-refractivity contribution in [3.63, 3.8) is 0 Å². The van der Waals surface area contributed by atoms with Gasteiger partial charge in [0.05, 0.1) is 5.71 Å². The second-order valence-electron chi connectivity index (χ2n) is 5.04. The standard InChI is InChI=1S/C17H23NS/c1-3-5-9-14-13-15-10-7-8-12-17(15)19-18-16(14)11-6-4-2/h7-8,10,12-13H,3-6,9,11H2,1-2H3. The van der Waals surface area contributed by atoms with Crippen molar-refractivity contribution in [3.8, 4) is 0 Å². The van der Waals surface area contributed by atoms with Crippen molar-refractivity contribution in [1.29, 1.82) is 0 Å². The summed E-state index contributed by atoms with van der Waals surface area (Å²) in [6.45, 7) is 4.50. The summed E-state index contributed by atoms with van der Waals surface area (Å²) in [6, 6.07) is 8.58. The van der Waals surface area contributed by atoms with Gasteiger partial charge in [-0.15, -0.1) is 0 Å². The van der Waals surface area contributed by atoms with Gasteiger partial charge in [-0.2, -0.15) is 0 Å². The highest BCUT2D eigenvalue weighted by atomic mass is 32.2. The summed E-state index contributed by atoms with van der Waals surface area (Å²) >= 11 is 1.64. The molecule has 1 aliphatic rings. The Morgan fingerprint density at radius 3 is 2.53 bits per heavy atom. The van der Waals surface area contributed by atoms with E-state index in [1.54, 1.807) is 11.9 Å². The van der Waals surface area contributed by atoms with E-state index in [1.807, 2.05) is 0 Å². The minimum atomic E-state index is 1.12. The average Bonchev–Trinajstić information content (AvgIpc) is 2.62. The van der Waals surface area contributed by atoms with E-state index in [4.69, 9.17) is 4.40 Å². The summed E-state index contributed by atoms with van der Waals surface area (Å²) in [5, 5.41) is 0. The maximum absolute atomic E-state index is 4.80. The van der Waals surface area contributed by atoms with E-state index in [9.17, 15) is 0 Å². The van der Waals surface area contributed by atoms with Crippen LogP contribution < -0.4 is 0 Å². The monoisotopic (exact) mass is 273 g/mol. The number of hydrogen-bond acceptors (Lipinski definition) is 2. The normalized spacial score (nSPS) is 14.4. The SMILES string of the molecule is CCCCC1=Cc2ccccc2SN=C1CCCC. The van der Waals surface area contributed by atoms with Crippen LogP contribution in [0.4, 0.5) is 0 Å². The molecule has 19 heavy (non-hydrogen) atoms. The quantitative estimate of drug-likeness (QED) is 0.587. The molecule has 0 saturated heterocycles. The van der Waals surface area contributed by atoms with Gasteiger partial charge in [0, 0.05) is 16.8 Å². The third kappa shape index (κ3) is 3.97. The van der Waals surface area contributed by atoms with Gasteiger partial charge in [0.1, 0.15) is 0 Å². The van der Waals surface area contributed by atoms with Crippen LogP contribution in [0, 0.1) is 0 Å². The van der Waals surface area contributed by atoms with Crippen LogP contribution >= 0.6 is 11.9 Å². The van der Waals surface area contributed by atoms with E-state index in [2.05, 4.69) is 44.2 Å². The lowest BCUT2D eigenvalue weighted by Crippen LogP contribution is -2.02. The van der Waals surface area contributed by atoms with Crippen LogP contribution in [-0.2, 0) is 0 Å². The van der Waals surface area contributed by atoms with Gasteiger partial charge in [-0.1, -0.05) is 44.9 Å². The molecule has 0 fully saturated rings. The van der Waals surface area contributed by atoms with Gasteiger partial charge in [-0.25, -0.2) is 4.40 Å². The van der Waals surface area contributed by atoms with Crippen molar-refractivity contribution >= 4 is 23.7 Å². The Morgan fingerprint density at radius 1 is 1.00 bits per heavy atom. The summed E-state index contributed by atoms with van der Waals surface area (Å²) in [4.78, 5) is 1.28. The summed E-state index contributed by atoms with van der Waals surface area (Å²) < 4.78 is 4.80. The fourth-order valence-electron chi connectivity index (χ4n) is 2.25. The molecule has 0 saturated carbocycles. The number of allylic oxidation sites excluding steroid dienone is 1. The first-order valence-corrected chi connectivity index (χ1v) is 8.16. The molecule has 1 heterocycles. The molecule has 1 aliphatic heterocycles. The number of hydrogen-bond donors (Lipinski definition) is 0. The summed E-state index contributed by atoms with van der Waals surface area (Å²) in [5.74, 6) is 0. The Labute approximate surface area is 121 Å². The fraction of sp³-hybridized carbons (Fsp3) is 0.471. The fourth-order valence-corrected chi connectivity index (χ4v) is 3.04. The van der Waals surface area contributed by atoms with E-state index in [-0.39, 0.29) is 0 Å². The molecule has 0 unspecified atom stereocenters. The van der Waals surface area contributed by atoms with Crippen LogP contribution in [0.5, 0.6) is 0 Å². The summed E-state index contributed by atoms with van der Waals surface area (Å²) in [7, 11) is 0. The van der Waals surface area contributed by atoms with Crippen LogP contribution in [0.1, 0.15) is 57.9 Å². The van der Waals surface area contributed by atoms with Gasteiger partial charge >= 0.3 is 0 Å². The van der Waals surface area contributed by atoms with Crippen molar-refractivity contribution in [2.24, 2.45) is 4.40 Å². The first-order chi connectivity index (χ1) is 9.35. The largest absolute Gasteiger partial charge is 0.216 e. The van der Waals surface area contributed by atoms with Crippen LogP contribution in [0.15, 0.2) is 39.1 Å². The van der Waals surface area contributed by atoms with Gasteiger partial charge in [-0.3, -0.25) is 0 Å². The van der Waals surface area contributed by atoms with Crippen molar-refractivity contribution in [2.45, 2.75) is 57.3 Å². The molecule has 0 spiro atoms. The van der Waals surface area contributed by atoms with Gasteiger partial charge in [0.2, 0.25) is 0 Å². The van der Waals surface area contributed by atoms with E-state index >= 15 is 0 Å².